The first-order valence-electron chi connectivity index (χ1n) is 5.22. The van der Waals surface area contributed by atoms with Crippen molar-refractivity contribution in [3.8, 4) is 0 Å². The summed E-state index contributed by atoms with van der Waals surface area (Å²) >= 11 is 3.33. The molecule has 1 saturated carbocycles. The van der Waals surface area contributed by atoms with E-state index < -0.39 is 17.5 Å². The van der Waals surface area contributed by atoms with Crippen LogP contribution < -0.4 is 0 Å². The first-order valence-corrected chi connectivity index (χ1v) is 6.02. The molecule has 0 bridgehead atoms. The van der Waals surface area contributed by atoms with Crippen molar-refractivity contribution in [1.82, 2.24) is 0 Å². The van der Waals surface area contributed by atoms with Crippen LogP contribution in [-0.4, -0.2) is 16.2 Å². The maximum atomic E-state index is 10.9. The Labute approximate surface area is 102 Å². The van der Waals surface area contributed by atoms with Crippen LogP contribution in [0.25, 0.3) is 0 Å². The topological polar surface area (TPSA) is 57.5 Å². The summed E-state index contributed by atoms with van der Waals surface area (Å²) in [4.78, 5) is 10.9. The average molecular weight is 285 g/mol. The third-order valence-corrected chi connectivity index (χ3v) is 3.75. The van der Waals surface area contributed by atoms with Crippen LogP contribution in [0, 0.1) is 5.92 Å². The maximum absolute atomic E-state index is 10.9. The number of halogens is 1. The number of rotatable bonds is 2. The molecule has 16 heavy (non-hydrogen) atoms. The number of benzene rings is 1. The lowest BCUT2D eigenvalue weighted by Gasteiger charge is -2.23. The fourth-order valence-corrected chi connectivity index (χ4v) is 2.52. The molecule has 2 atom stereocenters. The third kappa shape index (κ3) is 2.13. The van der Waals surface area contributed by atoms with E-state index in [2.05, 4.69) is 15.9 Å². The molecule has 1 fully saturated rings. The SMILES string of the molecule is O=C(O)[C@@H]1CC[C@](O)(c2ccc(Br)cc2)C1. The molecule has 0 aromatic heterocycles. The number of carbonyl (C=O) groups is 1. The van der Waals surface area contributed by atoms with E-state index in [1.54, 1.807) is 0 Å². The fraction of sp³-hybridized carbons (Fsp3) is 0.417. The predicted octanol–water partition coefficient (Wildman–Crippen LogP) is 2.52. The predicted molar refractivity (Wildman–Crippen MR) is 63.0 cm³/mol. The molecule has 1 aromatic rings. The van der Waals surface area contributed by atoms with E-state index in [0.29, 0.717) is 19.3 Å². The van der Waals surface area contributed by atoms with Gasteiger partial charge in [0.05, 0.1) is 11.5 Å². The first kappa shape index (κ1) is 11.6. The lowest BCUT2D eigenvalue weighted by atomic mass is 9.91. The second-order valence-electron chi connectivity index (χ2n) is 4.32. The highest BCUT2D eigenvalue weighted by Gasteiger charge is 2.41. The Kier molecular flexibility index (Phi) is 3.04. The van der Waals surface area contributed by atoms with Gasteiger partial charge in [0, 0.05) is 4.47 Å². The Balaban J connectivity index is 2.21. The van der Waals surface area contributed by atoms with Crippen molar-refractivity contribution in [2.24, 2.45) is 5.92 Å². The van der Waals surface area contributed by atoms with E-state index in [1.165, 1.54) is 0 Å². The van der Waals surface area contributed by atoms with E-state index in [4.69, 9.17) is 5.11 Å². The molecule has 0 amide bonds. The number of hydrogen-bond acceptors (Lipinski definition) is 2. The molecule has 1 aliphatic carbocycles. The Morgan fingerprint density at radius 2 is 2.00 bits per heavy atom. The van der Waals surface area contributed by atoms with E-state index in [9.17, 15) is 9.90 Å². The minimum Gasteiger partial charge on any atom is -0.481 e. The van der Waals surface area contributed by atoms with E-state index in [-0.39, 0.29) is 0 Å². The quantitative estimate of drug-likeness (QED) is 0.877. The van der Waals surface area contributed by atoms with Gasteiger partial charge in [0.2, 0.25) is 0 Å². The van der Waals surface area contributed by atoms with Gasteiger partial charge < -0.3 is 10.2 Å². The van der Waals surface area contributed by atoms with Crippen molar-refractivity contribution in [3.05, 3.63) is 34.3 Å². The van der Waals surface area contributed by atoms with Gasteiger partial charge >= 0.3 is 5.97 Å². The zero-order chi connectivity index (χ0) is 11.8. The van der Waals surface area contributed by atoms with Crippen molar-refractivity contribution in [3.63, 3.8) is 0 Å². The molecular weight excluding hydrogens is 272 g/mol. The highest BCUT2D eigenvalue weighted by molar-refractivity contribution is 9.10. The standard InChI is InChI=1S/C12H13BrO3/c13-10-3-1-9(2-4-10)12(16)6-5-8(7-12)11(14)15/h1-4,8,16H,5-7H2,(H,14,15)/t8-,12-/m1/s1. The molecular formula is C12H13BrO3. The lowest BCUT2D eigenvalue weighted by Crippen LogP contribution is -2.23. The molecule has 0 saturated heterocycles. The van der Waals surface area contributed by atoms with Crippen LogP contribution in [-0.2, 0) is 10.4 Å². The lowest BCUT2D eigenvalue weighted by molar-refractivity contribution is -0.142. The van der Waals surface area contributed by atoms with Crippen LogP contribution in [0.5, 0.6) is 0 Å². The van der Waals surface area contributed by atoms with Crippen LogP contribution >= 0.6 is 15.9 Å². The summed E-state index contributed by atoms with van der Waals surface area (Å²) in [5.74, 6) is -1.23. The van der Waals surface area contributed by atoms with Gasteiger partial charge in [-0.2, -0.15) is 0 Å². The molecule has 2 N–H and O–H groups in total. The van der Waals surface area contributed by atoms with Crippen molar-refractivity contribution in [2.45, 2.75) is 24.9 Å². The Bertz CT molecular complexity index is 401. The van der Waals surface area contributed by atoms with Crippen molar-refractivity contribution in [2.75, 3.05) is 0 Å². The van der Waals surface area contributed by atoms with Gasteiger partial charge in [-0.15, -0.1) is 0 Å². The minimum atomic E-state index is -0.968. The fourth-order valence-electron chi connectivity index (χ4n) is 2.26. The molecule has 3 nitrogen and oxygen atoms in total. The molecule has 0 spiro atoms. The van der Waals surface area contributed by atoms with Gasteiger partial charge in [0.1, 0.15) is 0 Å². The largest absolute Gasteiger partial charge is 0.481 e. The number of hydrogen-bond donors (Lipinski definition) is 2. The number of carboxylic acids is 1. The minimum absolute atomic E-state index is 0.309. The molecule has 0 unspecified atom stereocenters. The summed E-state index contributed by atoms with van der Waals surface area (Å²) in [6, 6.07) is 7.41. The average Bonchev–Trinajstić information content (AvgIpc) is 2.63. The van der Waals surface area contributed by atoms with E-state index in [1.807, 2.05) is 24.3 Å². The van der Waals surface area contributed by atoms with Crippen molar-refractivity contribution in [1.29, 1.82) is 0 Å². The molecule has 0 heterocycles. The van der Waals surface area contributed by atoms with Gasteiger partial charge in [-0.05, 0) is 37.0 Å². The van der Waals surface area contributed by atoms with Crippen LogP contribution in [0.15, 0.2) is 28.7 Å². The summed E-state index contributed by atoms with van der Waals surface area (Å²) in [7, 11) is 0. The summed E-state index contributed by atoms with van der Waals surface area (Å²) in [6.45, 7) is 0. The summed E-state index contributed by atoms with van der Waals surface area (Å²) in [5, 5.41) is 19.3. The van der Waals surface area contributed by atoms with Crippen LogP contribution in [0.2, 0.25) is 0 Å². The summed E-state index contributed by atoms with van der Waals surface area (Å²) in [5.41, 5.74) is -0.163. The highest BCUT2D eigenvalue weighted by Crippen LogP contribution is 2.42. The Hall–Kier alpha value is -0.870. The van der Waals surface area contributed by atoms with Crippen LogP contribution in [0.4, 0.5) is 0 Å². The number of carboxylic acid groups (broad SMARTS) is 1. The number of aliphatic carboxylic acids is 1. The monoisotopic (exact) mass is 284 g/mol. The van der Waals surface area contributed by atoms with Crippen LogP contribution in [0.3, 0.4) is 0 Å². The molecule has 86 valence electrons. The second-order valence-corrected chi connectivity index (χ2v) is 5.23. The van der Waals surface area contributed by atoms with Gasteiger partial charge in [-0.25, -0.2) is 0 Å². The van der Waals surface area contributed by atoms with E-state index in [0.717, 1.165) is 10.0 Å². The first-order chi connectivity index (χ1) is 7.51. The second kappa shape index (κ2) is 4.18. The molecule has 2 rings (SSSR count). The zero-order valence-electron chi connectivity index (χ0n) is 8.69. The van der Waals surface area contributed by atoms with Gasteiger partial charge in [-0.1, -0.05) is 28.1 Å². The molecule has 4 heteroatoms. The third-order valence-electron chi connectivity index (χ3n) is 3.22. The molecule has 0 aliphatic heterocycles. The molecule has 1 aliphatic rings. The maximum Gasteiger partial charge on any atom is 0.306 e. The van der Waals surface area contributed by atoms with Gasteiger partial charge in [0.25, 0.3) is 0 Å². The Morgan fingerprint density at radius 1 is 1.38 bits per heavy atom. The van der Waals surface area contributed by atoms with Gasteiger partial charge in [0.15, 0.2) is 0 Å². The normalized spacial score (nSPS) is 29.2. The summed E-state index contributed by atoms with van der Waals surface area (Å²) < 4.78 is 0.952. The molecule has 1 aromatic carbocycles. The van der Waals surface area contributed by atoms with Crippen molar-refractivity contribution < 1.29 is 15.0 Å². The van der Waals surface area contributed by atoms with E-state index >= 15 is 0 Å². The van der Waals surface area contributed by atoms with Gasteiger partial charge in [-0.3, -0.25) is 4.79 Å². The smallest absolute Gasteiger partial charge is 0.306 e. The zero-order valence-corrected chi connectivity index (χ0v) is 10.3. The highest BCUT2D eigenvalue weighted by atomic mass is 79.9. The summed E-state index contributed by atoms with van der Waals surface area (Å²) in [6.07, 6.45) is 1.37. The molecule has 0 radical (unpaired) electrons. The Morgan fingerprint density at radius 3 is 2.50 bits per heavy atom. The number of aliphatic hydroxyl groups is 1. The van der Waals surface area contributed by atoms with Crippen molar-refractivity contribution >= 4 is 21.9 Å². The van der Waals surface area contributed by atoms with Crippen LogP contribution in [0.1, 0.15) is 24.8 Å².